The number of hydrogen-bond donors (Lipinski definition) is 1. The molecule has 3 aliphatic rings. The number of aromatic nitrogens is 2. The number of carbonyl (C=O) groups is 2. The molecule has 1 N–H and O–H groups in total. The van der Waals surface area contributed by atoms with Crippen molar-refractivity contribution < 1.29 is 9.59 Å². The number of anilines is 1. The summed E-state index contributed by atoms with van der Waals surface area (Å²) in [5.74, 6) is 2.25. The summed E-state index contributed by atoms with van der Waals surface area (Å²) in [5, 5.41) is 3.49. The minimum Gasteiger partial charge on any atom is -0.366 e. The van der Waals surface area contributed by atoms with Crippen LogP contribution in [0.2, 0.25) is 0 Å². The van der Waals surface area contributed by atoms with Crippen LogP contribution in [0.3, 0.4) is 0 Å². The Hall–Kier alpha value is -2.18. The van der Waals surface area contributed by atoms with Gasteiger partial charge in [0.25, 0.3) is 0 Å². The highest BCUT2D eigenvalue weighted by molar-refractivity contribution is 5.80. The molecule has 2 saturated heterocycles. The number of amides is 2. The first kappa shape index (κ1) is 16.3. The highest BCUT2D eigenvalue weighted by Gasteiger charge is 2.44. The Kier molecular flexibility index (Phi) is 4.55. The van der Waals surface area contributed by atoms with Crippen LogP contribution in [0, 0.1) is 11.8 Å². The monoisotopic (exact) mass is 343 g/mol. The van der Waals surface area contributed by atoms with Crippen molar-refractivity contribution in [3.63, 3.8) is 0 Å². The van der Waals surface area contributed by atoms with Crippen LogP contribution in [0.4, 0.5) is 5.82 Å². The lowest BCUT2D eigenvalue weighted by molar-refractivity contribution is -0.132. The van der Waals surface area contributed by atoms with Gasteiger partial charge >= 0.3 is 0 Å². The Balaban J connectivity index is 1.30. The van der Waals surface area contributed by atoms with Gasteiger partial charge in [-0.25, -0.2) is 4.98 Å². The summed E-state index contributed by atoms with van der Waals surface area (Å²) >= 11 is 0. The summed E-state index contributed by atoms with van der Waals surface area (Å²) < 4.78 is 0. The van der Waals surface area contributed by atoms with E-state index in [2.05, 4.69) is 15.3 Å². The predicted octanol–water partition coefficient (Wildman–Crippen LogP) is 1.14. The molecular weight excluding hydrogens is 318 g/mol. The second-order valence-electron chi connectivity index (χ2n) is 7.38. The Morgan fingerprint density at radius 1 is 1.28 bits per heavy atom. The van der Waals surface area contributed by atoms with Crippen LogP contribution < -0.4 is 5.32 Å². The van der Waals surface area contributed by atoms with Gasteiger partial charge in [-0.3, -0.25) is 14.6 Å². The van der Waals surface area contributed by atoms with E-state index >= 15 is 0 Å². The summed E-state index contributed by atoms with van der Waals surface area (Å²) in [7, 11) is 0. The molecule has 0 unspecified atom stereocenters. The molecule has 2 amide bonds. The van der Waals surface area contributed by atoms with E-state index in [1.165, 1.54) is 0 Å². The zero-order chi connectivity index (χ0) is 17.2. The summed E-state index contributed by atoms with van der Waals surface area (Å²) in [4.78, 5) is 36.4. The van der Waals surface area contributed by atoms with Crippen molar-refractivity contribution >= 4 is 17.6 Å². The fourth-order valence-electron chi connectivity index (χ4n) is 4.54. The van der Waals surface area contributed by atoms with E-state index < -0.39 is 0 Å². The number of fused-ring (bicyclic) bond motifs is 1. The van der Waals surface area contributed by atoms with Gasteiger partial charge in [-0.15, -0.1) is 0 Å². The molecule has 1 aliphatic carbocycles. The quantitative estimate of drug-likeness (QED) is 0.867. The fourth-order valence-corrected chi connectivity index (χ4v) is 4.54. The maximum atomic E-state index is 12.6. The SMILES string of the molecule is O=C1CCCN1CCC(=O)N1C[C@@H]2CC[C@@H](Nc3cnccn3)[C@@H]2C1. The van der Waals surface area contributed by atoms with Gasteiger partial charge in [-0.2, -0.15) is 0 Å². The number of nitrogens with one attached hydrogen (secondary N) is 1. The van der Waals surface area contributed by atoms with Crippen molar-refractivity contribution in [3.05, 3.63) is 18.6 Å². The largest absolute Gasteiger partial charge is 0.366 e. The fraction of sp³-hybridized carbons (Fsp3) is 0.667. The van der Waals surface area contributed by atoms with E-state index in [4.69, 9.17) is 0 Å². The minimum absolute atomic E-state index is 0.187. The molecule has 7 nitrogen and oxygen atoms in total. The first-order valence-corrected chi connectivity index (χ1v) is 9.29. The van der Waals surface area contributed by atoms with Crippen LogP contribution in [0.15, 0.2) is 18.6 Å². The minimum atomic E-state index is 0.187. The second kappa shape index (κ2) is 6.98. The second-order valence-corrected chi connectivity index (χ2v) is 7.38. The lowest BCUT2D eigenvalue weighted by Crippen LogP contribution is -2.35. The molecule has 4 rings (SSSR count). The highest BCUT2D eigenvalue weighted by Crippen LogP contribution is 2.39. The number of rotatable bonds is 5. The molecule has 25 heavy (non-hydrogen) atoms. The van der Waals surface area contributed by atoms with Crippen LogP contribution in [-0.2, 0) is 9.59 Å². The molecular formula is C18H25N5O2. The lowest BCUT2D eigenvalue weighted by atomic mass is 9.98. The summed E-state index contributed by atoms with van der Waals surface area (Å²) in [5.41, 5.74) is 0. The average molecular weight is 343 g/mol. The van der Waals surface area contributed by atoms with Gasteiger partial charge in [0.1, 0.15) is 5.82 Å². The number of nitrogens with zero attached hydrogens (tertiary/aromatic N) is 4. The Morgan fingerprint density at radius 3 is 2.96 bits per heavy atom. The van der Waals surface area contributed by atoms with Gasteiger partial charge in [-0.05, 0) is 25.2 Å². The molecule has 134 valence electrons. The van der Waals surface area contributed by atoms with Crippen molar-refractivity contribution in [2.24, 2.45) is 11.8 Å². The van der Waals surface area contributed by atoms with Crippen LogP contribution in [0.1, 0.15) is 32.1 Å². The zero-order valence-electron chi connectivity index (χ0n) is 14.4. The topological polar surface area (TPSA) is 78.4 Å². The average Bonchev–Trinajstić information content (AvgIpc) is 3.31. The molecule has 2 aliphatic heterocycles. The molecule has 0 aromatic carbocycles. The molecule has 1 aromatic rings. The first-order valence-electron chi connectivity index (χ1n) is 9.29. The lowest BCUT2D eigenvalue weighted by Gasteiger charge is -2.23. The smallest absolute Gasteiger partial charge is 0.224 e. The third-order valence-corrected chi connectivity index (χ3v) is 5.87. The van der Waals surface area contributed by atoms with Gasteiger partial charge in [0.05, 0.1) is 6.20 Å². The Bertz CT molecular complexity index is 638. The summed E-state index contributed by atoms with van der Waals surface area (Å²) in [6, 6.07) is 0.361. The molecule has 0 radical (unpaired) electrons. The van der Waals surface area contributed by atoms with Crippen LogP contribution in [0.25, 0.3) is 0 Å². The maximum Gasteiger partial charge on any atom is 0.224 e. The van der Waals surface area contributed by atoms with Crippen molar-refractivity contribution in [2.75, 3.05) is 31.5 Å². The number of hydrogen-bond acceptors (Lipinski definition) is 5. The van der Waals surface area contributed by atoms with Crippen LogP contribution >= 0.6 is 0 Å². The molecule has 3 heterocycles. The third kappa shape index (κ3) is 3.45. The van der Waals surface area contributed by atoms with Crippen molar-refractivity contribution in [2.45, 2.75) is 38.1 Å². The Morgan fingerprint density at radius 2 is 2.20 bits per heavy atom. The van der Waals surface area contributed by atoms with Crippen LogP contribution in [0.5, 0.6) is 0 Å². The van der Waals surface area contributed by atoms with E-state index in [0.29, 0.717) is 37.3 Å². The molecule has 3 fully saturated rings. The third-order valence-electron chi connectivity index (χ3n) is 5.87. The van der Waals surface area contributed by atoms with Gasteiger partial charge in [0.15, 0.2) is 0 Å². The van der Waals surface area contributed by atoms with Gasteiger partial charge in [0.2, 0.25) is 11.8 Å². The zero-order valence-corrected chi connectivity index (χ0v) is 14.4. The normalized spacial score (nSPS) is 28.5. The van der Waals surface area contributed by atoms with Crippen LogP contribution in [-0.4, -0.2) is 63.8 Å². The van der Waals surface area contributed by atoms with Gasteiger partial charge < -0.3 is 15.1 Å². The van der Waals surface area contributed by atoms with E-state index in [1.54, 1.807) is 18.6 Å². The molecule has 3 atom stereocenters. The molecule has 1 saturated carbocycles. The van der Waals surface area contributed by atoms with Crippen molar-refractivity contribution in [1.29, 1.82) is 0 Å². The van der Waals surface area contributed by atoms with E-state index in [-0.39, 0.29) is 11.8 Å². The molecule has 0 bridgehead atoms. The van der Waals surface area contributed by atoms with Crippen molar-refractivity contribution in [1.82, 2.24) is 19.8 Å². The summed E-state index contributed by atoms with van der Waals surface area (Å²) in [6.07, 6.45) is 9.40. The summed E-state index contributed by atoms with van der Waals surface area (Å²) in [6.45, 7) is 3.05. The van der Waals surface area contributed by atoms with Crippen molar-refractivity contribution in [3.8, 4) is 0 Å². The van der Waals surface area contributed by atoms with E-state index in [0.717, 1.165) is 44.7 Å². The number of carbonyl (C=O) groups excluding carboxylic acids is 2. The van der Waals surface area contributed by atoms with E-state index in [9.17, 15) is 9.59 Å². The number of likely N-dealkylation sites (tertiary alicyclic amines) is 2. The standard InChI is InChI=1S/C18H25N5O2/c24-17-2-1-8-22(17)9-5-18(25)23-11-13-3-4-15(14(13)12-23)21-16-10-19-6-7-20-16/h6-7,10,13-15H,1-5,8-9,11-12H2,(H,20,21)/t13-,14+,15+/m0/s1. The maximum absolute atomic E-state index is 12.6. The van der Waals surface area contributed by atoms with Gasteiger partial charge in [-0.1, -0.05) is 0 Å². The molecule has 0 spiro atoms. The first-order chi connectivity index (χ1) is 12.2. The van der Waals surface area contributed by atoms with Gasteiger partial charge in [0, 0.05) is 63.4 Å². The van der Waals surface area contributed by atoms with E-state index in [1.807, 2.05) is 9.80 Å². The molecule has 7 heteroatoms. The molecule has 1 aromatic heterocycles. The highest BCUT2D eigenvalue weighted by atomic mass is 16.2. The Labute approximate surface area is 147 Å². The predicted molar refractivity (Wildman–Crippen MR) is 92.7 cm³/mol.